The Hall–Kier alpha value is -3.45. The molecule has 1 aliphatic heterocycles. The number of aromatic nitrogens is 1. The Kier molecular flexibility index (Phi) is 7.30. The topological polar surface area (TPSA) is 51.7 Å². The number of piperazine rings is 1. The lowest BCUT2D eigenvalue weighted by Crippen LogP contribution is -2.52. The molecule has 2 heterocycles. The maximum Gasteiger partial charge on any atom is 0.324 e. The van der Waals surface area contributed by atoms with Crippen molar-refractivity contribution in [2.24, 2.45) is 0 Å². The fourth-order valence-corrected chi connectivity index (χ4v) is 3.87. The maximum atomic E-state index is 13.5. The normalized spacial score (nSPS) is 13.6. The number of nitrogens with one attached hydrogen (secondary N) is 1. The summed E-state index contributed by atoms with van der Waals surface area (Å²) in [7, 11) is 0. The van der Waals surface area contributed by atoms with Crippen LogP contribution >= 0.6 is 0 Å². The van der Waals surface area contributed by atoms with Crippen LogP contribution in [0.5, 0.6) is 0 Å². The average molecular weight is 434 g/mol. The van der Waals surface area contributed by atoms with Gasteiger partial charge in [-0.05, 0) is 55.0 Å². The molecule has 1 aliphatic rings. The first-order chi connectivity index (χ1) is 15.7. The van der Waals surface area contributed by atoms with Gasteiger partial charge in [0.05, 0.1) is 0 Å². The molecule has 7 heteroatoms. The van der Waals surface area contributed by atoms with Crippen molar-refractivity contribution in [2.45, 2.75) is 6.42 Å². The fraction of sp³-hybridized carbons (Fsp3) is 0.280. The van der Waals surface area contributed by atoms with Gasteiger partial charge in [-0.3, -0.25) is 4.90 Å². The number of benzene rings is 2. The van der Waals surface area contributed by atoms with Gasteiger partial charge in [0, 0.05) is 56.8 Å². The zero-order chi connectivity index (χ0) is 22.2. The summed E-state index contributed by atoms with van der Waals surface area (Å²) in [5.41, 5.74) is 1.76. The van der Waals surface area contributed by atoms with Crippen molar-refractivity contribution in [3.8, 4) is 0 Å². The Morgan fingerprint density at radius 3 is 2.31 bits per heavy atom. The van der Waals surface area contributed by atoms with E-state index in [0.29, 0.717) is 26.2 Å². The van der Waals surface area contributed by atoms with Gasteiger partial charge >= 0.3 is 6.03 Å². The standard InChI is InChI=1S/C25H28FN5O/c26-21-10-12-23(13-11-21)30(24-9-4-5-14-28-24)17-6-18-31(22-7-2-1-3-8-22)25(32)29-19-15-27-16-20-29/h1-5,7-14,27H,6,15-20H2. The minimum Gasteiger partial charge on any atom is -0.326 e. The second kappa shape index (κ2) is 10.7. The molecule has 0 atom stereocenters. The predicted molar refractivity (Wildman–Crippen MR) is 126 cm³/mol. The lowest BCUT2D eigenvalue weighted by molar-refractivity contribution is 0.196. The van der Waals surface area contributed by atoms with Crippen molar-refractivity contribution < 1.29 is 9.18 Å². The van der Waals surface area contributed by atoms with Crippen LogP contribution in [0.25, 0.3) is 0 Å². The third kappa shape index (κ3) is 5.42. The van der Waals surface area contributed by atoms with E-state index in [-0.39, 0.29) is 11.8 Å². The number of carbonyl (C=O) groups excluding carboxylic acids is 1. The zero-order valence-electron chi connectivity index (χ0n) is 18.0. The largest absolute Gasteiger partial charge is 0.326 e. The Morgan fingerprint density at radius 2 is 1.62 bits per heavy atom. The van der Waals surface area contributed by atoms with Gasteiger partial charge in [0.15, 0.2) is 0 Å². The van der Waals surface area contributed by atoms with Gasteiger partial charge in [-0.2, -0.15) is 0 Å². The first-order valence-corrected chi connectivity index (χ1v) is 11.0. The molecule has 0 aliphatic carbocycles. The van der Waals surface area contributed by atoms with Crippen LogP contribution in [-0.2, 0) is 0 Å². The Labute approximate surface area is 188 Å². The lowest BCUT2D eigenvalue weighted by atomic mass is 10.2. The summed E-state index contributed by atoms with van der Waals surface area (Å²) in [6, 6.07) is 22.0. The molecule has 3 aromatic rings. The number of para-hydroxylation sites is 1. The molecule has 2 amide bonds. The van der Waals surface area contributed by atoms with E-state index >= 15 is 0 Å². The number of hydrogen-bond donors (Lipinski definition) is 1. The molecule has 32 heavy (non-hydrogen) atoms. The van der Waals surface area contributed by atoms with Crippen molar-refractivity contribution in [2.75, 3.05) is 49.1 Å². The van der Waals surface area contributed by atoms with Crippen LogP contribution in [0.4, 0.5) is 26.4 Å². The molecule has 0 unspecified atom stereocenters. The first-order valence-electron chi connectivity index (χ1n) is 11.0. The highest BCUT2D eigenvalue weighted by Crippen LogP contribution is 2.24. The molecule has 4 rings (SSSR count). The number of hydrogen-bond acceptors (Lipinski definition) is 4. The third-order valence-corrected chi connectivity index (χ3v) is 5.51. The van der Waals surface area contributed by atoms with Crippen LogP contribution in [0.1, 0.15) is 6.42 Å². The van der Waals surface area contributed by atoms with Crippen molar-refractivity contribution in [3.63, 3.8) is 0 Å². The smallest absolute Gasteiger partial charge is 0.324 e. The summed E-state index contributed by atoms with van der Waals surface area (Å²) in [5.74, 6) is 0.519. The van der Waals surface area contributed by atoms with Gasteiger partial charge in [-0.15, -0.1) is 0 Å². The van der Waals surface area contributed by atoms with Gasteiger partial charge in [-0.25, -0.2) is 14.2 Å². The van der Waals surface area contributed by atoms with Gasteiger partial charge < -0.3 is 15.1 Å². The minimum atomic E-state index is -0.272. The summed E-state index contributed by atoms with van der Waals surface area (Å²) in [6.07, 6.45) is 2.47. The van der Waals surface area contributed by atoms with Crippen LogP contribution in [-0.4, -0.2) is 55.2 Å². The van der Waals surface area contributed by atoms with Gasteiger partial charge in [0.25, 0.3) is 0 Å². The Balaban J connectivity index is 1.50. The van der Waals surface area contributed by atoms with Crippen LogP contribution in [0, 0.1) is 5.82 Å². The molecule has 0 spiro atoms. The number of urea groups is 1. The Bertz CT molecular complexity index is 978. The quantitative estimate of drug-likeness (QED) is 0.604. The summed E-state index contributed by atoms with van der Waals surface area (Å²) < 4.78 is 13.5. The van der Waals surface area contributed by atoms with Gasteiger partial charge in [0.2, 0.25) is 0 Å². The first kappa shape index (κ1) is 21.8. The van der Waals surface area contributed by atoms with Crippen molar-refractivity contribution >= 4 is 23.2 Å². The fourth-order valence-electron chi connectivity index (χ4n) is 3.87. The Morgan fingerprint density at radius 1 is 0.906 bits per heavy atom. The zero-order valence-corrected chi connectivity index (χ0v) is 18.0. The average Bonchev–Trinajstić information content (AvgIpc) is 2.86. The van der Waals surface area contributed by atoms with E-state index in [2.05, 4.69) is 15.2 Å². The predicted octanol–water partition coefficient (Wildman–Crippen LogP) is 4.28. The van der Waals surface area contributed by atoms with E-state index in [4.69, 9.17) is 0 Å². The maximum absolute atomic E-state index is 13.5. The van der Waals surface area contributed by atoms with Crippen molar-refractivity contribution in [3.05, 3.63) is 84.8 Å². The number of halogens is 1. The van der Waals surface area contributed by atoms with E-state index in [1.165, 1.54) is 12.1 Å². The van der Waals surface area contributed by atoms with Crippen LogP contribution in [0.2, 0.25) is 0 Å². The molecule has 1 saturated heterocycles. The molecule has 0 radical (unpaired) electrons. The highest BCUT2D eigenvalue weighted by Gasteiger charge is 2.24. The minimum absolute atomic E-state index is 0.0314. The number of rotatable bonds is 7. The number of nitrogens with zero attached hydrogens (tertiary/aromatic N) is 4. The molecule has 2 aromatic carbocycles. The van der Waals surface area contributed by atoms with Crippen molar-refractivity contribution in [1.29, 1.82) is 0 Å². The third-order valence-electron chi connectivity index (χ3n) is 5.51. The molecule has 166 valence electrons. The number of anilines is 3. The summed E-state index contributed by atoms with van der Waals surface area (Å²) >= 11 is 0. The summed E-state index contributed by atoms with van der Waals surface area (Å²) in [4.78, 5) is 23.6. The molecule has 1 fully saturated rings. The van der Waals surface area contributed by atoms with Crippen LogP contribution < -0.4 is 15.1 Å². The molecule has 6 nitrogen and oxygen atoms in total. The van der Waals surface area contributed by atoms with E-state index in [0.717, 1.165) is 36.7 Å². The number of pyridine rings is 1. The molecule has 1 aromatic heterocycles. The lowest BCUT2D eigenvalue weighted by Gasteiger charge is -2.34. The number of amides is 2. The molecule has 1 N–H and O–H groups in total. The molecule has 0 bridgehead atoms. The molecular weight excluding hydrogens is 405 g/mol. The van der Waals surface area contributed by atoms with Gasteiger partial charge in [-0.1, -0.05) is 24.3 Å². The SMILES string of the molecule is O=C(N1CCNCC1)N(CCCN(c1ccc(F)cc1)c1ccccn1)c1ccccc1. The second-order valence-electron chi connectivity index (χ2n) is 7.68. The monoisotopic (exact) mass is 433 g/mol. The van der Waals surface area contributed by atoms with Crippen LogP contribution in [0.15, 0.2) is 79.0 Å². The summed E-state index contributed by atoms with van der Waals surface area (Å²) in [5, 5.41) is 3.29. The van der Waals surface area contributed by atoms with Crippen LogP contribution in [0.3, 0.4) is 0 Å². The van der Waals surface area contributed by atoms with Gasteiger partial charge in [0.1, 0.15) is 11.6 Å². The van der Waals surface area contributed by atoms with E-state index in [9.17, 15) is 9.18 Å². The summed E-state index contributed by atoms with van der Waals surface area (Å²) in [6.45, 7) is 4.24. The highest BCUT2D eigenvalue weighted by molar-refractivity contribution is 5.92. The highest BCUT2D eigenvalue weighted by atomic mass is 19.1. The van der Waals surface area contributed by atoms with E-state index in [1.54, 1.807) is 18.3 Å². The molecule has 0 saturated carbocycles. The van der Waals surface area contributed by atoms with E-state index in [1.807, 2.05) is 58.3 Å². The van der Waals surface area contributed by atoms with Crippen molar-refractivity contribution in [1.82, 2.24) is 15.2 Å². The molecular formula is C25H28FN5O. The second-order valence-corrected chi connectivity index (χ2v) is 7.68. The number of carbonyl (C=O) groups is 1. The van der Waals surface area contributed by atoms with E-state index < -0.39 is 0 Å².